The molecule has 178 valence electrons. The number of carbonyl (C=O) groups is 1. The van der Waals surface area contributed by atoms with Crippen LogP contribution in [0.1, 0.15) is 60.5 Å². The lowest BCUT2D eigenvalue weighted by atomic mass is 9.54. The molecule has 9 heteroatoms. The smallest absolute Gasteiger partial charge is 0.335 e. The van der Waals surface area contributed by atoms with Gasteiger partial charge in [-0.15, -0.1) is 5.10 Å². The van der Waals surface area contributed by atoms with E-state index in [0.29, 0.717) is 23.2 Å². The number of hydrogen-bond acceptors (Lipinski definition) is 3. The molecule has 0 bridgehead atoms. The molecule has 1 unspecified atom stereocenters. The van der Waals surface area contributed by atoms with E-state index < -0.39 is 23.8 Å². The molecule has 0 saturated heterocycles. The Bertz CT molecular complexity index is 1150. The van der Waals surface area contributed by atoms with Crippen LogP contribution < -0.4 is 10.6 Å². The zero-order valence-electron chi connectivity index (χ0n) is 18.6. The highest BCUT2D eigenvalue weighted by Gasteiger charge is 2.48. The van der Waals surface area contributed by atoms with E-state index in [0.717, 1.165) is 30.5 Å². The van der Waals surface area contributed by atoms with E-state index in [2.05, 4.69) is 20.9 Å². The Labute approximate surface area is 195 Å². The van der Waals surface area contributed by atoms with Crippen molar-refractivity contribution in [3.8, 4) is 0 Å². The molecule has 2 saturated carbocycles. The summed E-state index contributed by atoms with van der Waals surface area (Å²) in [5.41, 5.74) is 1.30. The molecule has 2 aliphatic carbocycles. The van der Waals surface area contributed by atoms with Crippen LogP contribution in [0.2, 0.25) is 0 Å². The monoisotopic (exact) mass is 469 g/mol. The van der Waals surface area contributed by atoms with Crippen LogP contribution >= 0.6 is 0 Å². The minimum atomic E-state index is -4.49. The first kappa shape index (κ1) is 22.4. The summed E-state index contributed by atoms with van der Waals surface area (Å²) in [6.07, 6.45) is 2.76. The second-order valence-electron chi connectivity index (χ2n) is 9.46. The molecular formula is C25H26F3N5O. The van der Waals surface area contributed by atoms with Gasteiger partial charge in [0.05, 0.1) is 18.3 Å². The van der Waals surface area contributed by atoms with Gasteiger partial charge in [-0.1, -0.05) is 54.1 Å². The molecule has 2 fully saturated rings. The molecule has 2 aliphatic rings. The van der Waals surface area contributed by atoms with Crippen molar-refractivity contribution in [3.05, 3.63) is 83.2 Å². The summed E-state index contributed by atoms with van der Waals surface area (Å²) < 4.78 is 41.7. The fourth-order valence-electron chi connectivity index (χ4n) is 5.05. The first-order valence-corrected chi connectivity index (χ1v) is 11.5. The lowest BCUT2D eigenvalue weighted by Gasteiger charge is -2.54. The zero-order chi connectivity index (χ0) is 23.8. The van der Waals surface area contributed by atoms with Crippen LogP contribution in [-0.2, 0) is 12.7 Å². The van der Waals surface area contributed by atoms with Crippen molar-refractivity contribution in [2.24, 2.45) is 5.41 Å². The number of rotatable bonds is 6. The Balaban J connectivity index is 1.35. The minimum absolute atomic E-state index is 0.0937. The van der Waals surface area contributed by atoms with E-state index in [1.165, 1.54) is 25.3 Å². The molecule has 34 heavy (non-hydrogen) atoms. The number of halogens is 3. The first-order valence-electron chi connectivity index (χ1n) is 11.5. The normalized spacial score (nSPS) is 18.1. The number of amides is 2. The van der Waals surface area contributed by atoms with Gasteiger partial charge in [0.15, 0.2) is 0 Å². The summed E-state index contributed by atoms with van der Waals surface area (Å²) in [5.74, 6) is 0. The van der Waals surface area contributed by atoms with Crippen LogP contribution in [0.4, 0.5) is 18.0 Å². The van der Waals surface area contributed by atoms with Gasteiger partial charge in [0.25, 0.3) is 0 Å². The van der Waals surface area contributed by atoms with Crippen molar-refractivity contribution >= 4 is 6.03 Å². The molecule has 2 amide bonds. The van der Waals surface area contributed by atoms with E-state index in [-0.39, 0.29) is 6.04 Å². The van der Waals surface area contributed by atoms with Crippen molar-refractivity contribution in [2.75, 3.05) is 0 Å². The predicted octanol–water partition coefficient (Wildman–Crippen LogP) is 5.07. The molecule has 1 aromatic heterocycles. The summed E-state index contributed by atoms with van der Waals surface area (Å²) in [7, 11) is 0. The number of hydrogen-bond donors (Lipinski definition) is 2. The molecule has 2 aromatic carbocycles. The fourth-order valence-corrected chi connectivity index (χ4v) is 5.05. The largest absolute Gasteiger partial charge is 0.416 e. The standard InChI is InChI=1S/C25H26F3N5O/c26-25(27,28)19-9-4-8-18(12-19)22(30-23(34)29-20-13-24(14-20)10-5-11-24)21-16-33(32-31-21)15-17-6-2-1-3-7-17/h1-4,6-9,12,16,20,22H,5,10-11,13-15H2,(H2,29,30,34). The minimum Gasteiger partial charge on any atom is -0.335 e. The molecule has 0 aliphatic heterocycles. The molecule has 1 spiro atoms. The summed E-state index contributed by atoms with van der Waals surface area (Å²) in [6.45, 7) is 0.458. The van der Waals surface area contributed by atoms with Gasteiger partial charge in [0.2, 0.25) is 0 Å². The Morgan fingerprint density at radius 3 is 2.56 bits per heavy atom. The maximum absolute atomic E-state index is 13.3. The van der Waals surface area contributed by atoms with Gasteiger partial charge in [-0.25, -0.2) is 9.48 Å². The van der Waals surface area contributed by atoms with E-state index >= 15 is 0 Å². The van der Waals surface area contributed by atoms with E-state index in [4.69, 9.17) is 0 Å². The van der Waals surface area contributed by atoms with Gasteiger partial charge < -0.3 is 10.6 Å². The highest BCUT2D eigenvalue weighted by molar-refractivity contribution is 5.75. The molecule has 5 rings (SSSR count). The molecule has 1 heterocycles. The van der Waals surface area contributed by atoms with Crippen LogP contribution in [0, 0.1) is 5.41 Å². The average molecular weight is 470 g/mol. The van der Waals surface area contributed by atoms with Crippen LogP contribution in [0.3, 0.4) is 0 Å². The third kappa shape index (κ3) is 4.78. The van der Waals surface area contributed by atoms with Gasteiger partial charge in [0.1, 0.15) is 11.7 Å². The second kappa shape index (κ2) is 8.77. The summed E-state index contributed by atoms with van der Waals surface area (Å²) in [5, 5.41) is 14.1. The van der Waals surface area contributed by atoms with E-state index in [9.17, 15) is 18.0 Å². The van der Waals surface area contributed by atoms with Crippen molar-refractivity contribution < 1.29 is 18.0 Å². The fraction of sp³-hybridized carbons (Fsp3) is 0.400. The number of nitrogens with one attached hydrogen (secondary N) is 2. The maximum Gasteiger partial charge on any atom is 0.416 e. The topological polar surface area (TPSA) is 71.8 Å². The van der Waals surface area contributed by atoms with Crippen molar-refractivity contribution in [3.63, 3.8) is 0 Å². The third-order valence-electron chi connectivity index (χ3n) is 6.97. The Hall–Kier alpha value is -3.36. The van der Waals surface area contributed by atoms with Crippen molar-refractivity contribution in [1.82, 2.24) is 25.6 Å². The Kier molecular flexibility index (Phi) is 5.79. The Morgan fingerprint density at radius 1 is 1.12 bits per heavy atom. The van der Waals surface area contributed by atoms with Crippen molar-refractivity contribution in [1.29, 1.82) is 0 Å². The summed E-state index contributed by atoms with van der Waals surface area (Å²) >= 11 is 0. The van der Waals surface area contributed by atoms with Crippen LogP contribution in [0.5, 0.6) is 0 Å². The number of alkyl halides is 3. The molecule has 6 nitrogen and oxygen atoms in total. The van der Waals surface area contributed by atoms with E-state index in [1.807, 2.05) is 30.3 Å². The highest BCUT2D eigenvalue weighted by Crippen LogP contribution is 2.55. The molecule has 1 atom stereocenters. The number of aromatic nitrogens is 3. The van der Waals surface area contributed by atoms with Crippen LogP contribution in [0.25, 0.3) is 0 Å². The van der Waals surface area contributed by atoms with Gasteiger partial charge in [-0.2, -0.15) is 13.2 Å². The van der Waals surface area contributed by atoms with Crippen LogP contribution in [-0.4, -0.2) is 27.1 Å². The second-order valence-corrected chi connectivity index (χ2v) is 9.46. The predicted molar refractivity (Wildman–Crippen MR) is 120 cm³/mol. The Morgan fingerprint density at radius 2 is 1.88 bits per heavy atom. The first-order chi connectivity index (χ1) is 16.3. The number of benzene rings is 2. The average Bonchev–Trinajstić information content (AvgIpc) is 3.21. The quantitative estimate of drug-likeness (QED) is 0.530. The maximum atomic E-state index is 13.3. The van der Waals surface area contributed by atoms with Gasteiger partial charge in [-0.05, 0) is 54.4 Å². The number of carbonyl (C=O) groups excluding carboxylic acids is 1. The van der Waals surface area contributed by atoms with Crippen molar-refractivity contribution in [2.45, 2.75) is 56.9 Å². The summed E-state index contributed by atoms with van der Waals surface area (Å²) in [4.78, 5) is 12.8. The number of urea groups is 1. The molecule has 3 aromatic rings. The van der Waals surface area contributed by atoms with Gasteiger partial charge in [-0.3, -0.25) is 0 Å². The van der Waals surface area contributed by atoms with E-state index in [1.54, 1.807) is 16.9 Å². The highest BCUT2D eigenvalue weighted by atomic mass is 19.4. The van der Waals surface area contributed by atoms with Gasteiger partial charge in [0, 0.05) is 6.04 Å². The SMILES string of the molecule is O=C(NC1CC2(CCC2)C1)NC(c1cccc(C(F)(F)F)c1)c1cn(Cc2ccccc2)nn1. The number of nitrogens with zero attached hydrogens (tertiary/aromatic N) is 3. The summed E-state index contributed by atoms with van der Waals surface area (Å²) in [6, 6.07) is 13.4. The molecular weight excluding hydrogens is 443 g/mol. The molecule has 0 radical (unpaired) electrons. The third-order valence-corrected chi connectivity index (χ3v) is 6.97. The van der Waals surface area contributed by atoms with Gasteiger partial charge >= 0.3 is 12.2 Å². The van der Waals surface area contributed by atoms with Crippen LogP contribution in [0.15, 0.2) is 60.8 Å². The lowest BCUT2D eigenvalue weighted by Crippen LogP contribution is -2.55. The molecule has 2 N–H and O–H groups in total. The zero-order valence-corrected chi connectivity index (χ0v) is 18.6. The lowest BCUT2D eigenvalue weighted by molar-refractivity contribution is -0.137.